The summed E-state index contributed by atoms with van der Waals surface area (Å²) in [4.78, 5) is 0. The lowest BCUT2D eigenvalue weighted by molar-refractivity contribution is 0.623. The minimum absolute atomic E-state index is 0.138. The van der Waals surface area contributed by atoms with E-state index in [9.17, 15) is 4.39 Å². The third kappa shape index (κ3) is 2.01. The smallest absolute Gasteiger partial charge is 0.123 e. The zero-order chi connectivity index (χ0) is 11.8. The Bertz CT molecular complexity index is 568. The van der Waals surface area contributed by atoms with E-state index in [-0.39, 0.29) is 11.9 Å². The molecule has 0 aliphatic carbocycles. The van der Waals surface area contributed by atoms with Crippen LogP contribution in [0.4, 0.5) is 10.1 Å². The van der Waals surface area contributed by atoms with Gasteiger partial charge in [0.25, 0.3) is 0 Å². The van der Waals surface area contributed by atoms with Crippen LogP contribution in [0.15, 0.2) is 42.5 Å². The van der Waals surface area contributed by atoms with Crippen molar-refractivity contribution in [3.05, 3.63) is 64.4 Å². The summed E-state index contributed by atoms with van der Waals surface area (Å²) >= 11 is 5.95. The molecule has 1 unspecified atom stereocenters. The first kappa shape index (κ1) is 10.6. The number of hydrogen-bond donors (Lipinski definition) is 1. The Labute approximate surface area is 104 Å². The molecule has 1 atom stereocenters. The van der Waals surface area contributed by atoms with Gasteiger partial charge in [0, 0.05) is 10.7 Å². The number of benzene rings is 2. The molecule has 1 N–H and O–H groups in total. The van der Waals surface area contributed by atoms with Crippen LogP contribution in [0, 0.1) is 5.82 Å². The van der Waals surface area contributed by atoms with E-state index in [4.69, 9.17) is 11.6 Å². The van der Waals surface area contributed by atoms with E-state index >= 15 is 0 Å². The standard InChI is InChI=1S/C14H11ClFN/c15-11-4-5-13-10(6-11)8-14(17-13)9-2-1-3-12(16)7-9/h1-7,14,17H,8H2. The van der Waals surface area contributed by atoms with Gasteiger partial charge in [0.2, 0.25) is 0 Å². The van der Waals surface area contributed by atoms with Crippen molar-refractivity contribution in [2.24, 2.45) is 0 Å². The Morgan fingerprint density at radius 3 is 2.88 bits per heavy atom. The number of nitrogens with one attached hydrogen (secondary N) is 1. The quantitative estimate of drug-likeness (QED) is 0.797. The van der Waals surface area contributed by atoms with E-state index < -0.39 is 0 Å². The summed E-state index contributed by atoms with van der Waals surface area (Å²) in [7, 11) is 0. The Morgan fingerprint density at radius 1 is 1.18 bits per heavy atom. The SMILES string of the molecule is Fc1cccc(C2Cc3cc(Cl)ccc3N2)c1. The maximum Gasteiger partial charge on any atom is 0.123 e. The third-order valence-corrected chi connectivity index (χ3v) is 3.31. The Balaban J connectivity index is 1.91. The van der Waals surface area contributed by atoms with Gasteiger partial charge in [-0.15, -0.1) is 0 Å². The van der Waals surface area contributed by atoms with Gasteiger partial charge in [-0.2, -0.15) is 0 Å². The van der Waals surface area contributed by atoms with Gasteiger partial charge < -0.3 is 5.32 Å². The average molecular weight is 248 g/mol. The fourth-order valence-electron chi connectivity index (χ4n) is 2.26. The van der Waals surface area contributed by atoms with Crippen LogP contribution in [0.5, 0.6) is 0 Å². The fraction of sp³-hybridized carbons (Fsp3) is 0.143. The lowest BCUT2D eigenvalue weighted by Gasteiger charge is -2.11. The zero-order valence-corrected chi connectivity index (χ0v) is 9.84. The van der Waals surface area contributed by atoms with E-state index in [1.54, 1.807) is 12.1 Å². The third-order valence-electron chi connectivity index (χ3n) is 3.07. The van der Waals surface area contributed by atoms with Crippen LogP contribution in [0.1, 0.15) is 17.2 Å². The molecule has 1 nitrogen and oxygen atoms in total. The van der Waals surface area contributed by atoms with Crippen molar-refractivity contribution in [1.82, 2.24) is 0 Å². The molecule has 0 spiro atoms. The molecule has 2 aromatic rings. The molecule has 0 aromatic heterocycles. The molecule has 1 heterocycles. The highest BCUT2D eigenvalue weighted by molar-refractivity contribution is 6.30. The lowest BCUT2D eigenvalue weighted by Crippen LogP contribution is -2.05. The topological polar surface area (TPSA) is 12.0 Å². The molecule has 0 saturated heterocycles. The molecule has 1 aliphatic rings. The number of hydrogen-bond acceptors (Lipinski definition) is 1. The maximum atomic E-state index is 13.2. The van der Waals surface area contributed by atoms with Crippen LogP contribution < -0.4 is 5.32 Å². The van der Waals surface area contributed by atoms with Crippen LogP contribution in [-0.2, 0) is 6.42 Å². The van der Waals surface area contributed by atoms with Crippen molar-refractivity contribution in [2.75, 3.05) is 5.32 Å². The van der Waals surface area contributed by atoms with Crippen LogP contribution in [0.25, 0.3) is 0 Å². The summed E-state index contributed by atoms with van der Waals surface area (Å²) in [6.07, 6.45) is 0.847. The summed E-state index contributed by atoms with van der Waals surface area (Å²) in [6, 6.07) is 12.6. The summed E-state index contributed by atoms with van der Waals surface area (Å²) < 4.78 is 13.2. The summed E-state index contributed by atoms with van der Waals surface area (Å²) in [6.45, 7) is 0. The molecular weight excluding hydrogens is 237 g/mol. The van der Waals surface area contributed by atoms with Gasteiger partial charge in [-0.25, -0.2) is 4.39 Å². The molecule has 86 valence electrons. The monoisotopic (exact) mass is 247 g/mol. The van der Waals surface area contributed by atoms with Gasteiger partial charge in [0.15, 0.2) is 0 Å². The minimum Gasteiger partial charge on any atom is -0.378 e. The van der Waals surface area contributed by atoms with Crippen LogP contribution in [-0.4, -0.2) is 0 Å². The molecule has 3 rings (SSSR count). The van der Waals surface area contributed by atoms with Crippen LogP contribution >= 0.6 is 11.6 Å². The molecule has 0 bridgehead atoms. The molecular formula is C14H11ClFN. The van der Waals surface area contributed by atoms with Gasteiger partial charge in [-0.3, -0.25) is 0 Å². The highest BCUT2D eigenvalue weighted by Crippen LogP contribution is 2.35. The summed E-state index contributed by atoms with van der Waals surface area (Å²) in [5.41, 5.74) is 3.24. The predicted octanol–water partition coefficient (Wildman–Crippen LogP) is 4.19. The Kier molecular flexibility index (Phi) is 2.52. The first-order chi connectivity index (χ1) is 8.22. The number of fused-ring (bicyclic) bond motifs is 1. The molecule has 2 aromatic carbocycles. The number of rotatable bonds is 1. The fourth-order valence-corrected chi connectivity index (χ4v) is 2.45. The highest BCUT2D eigenvalue weighted by Gasteiger charge is 2.22. The second-order valence-corrected chi connectivity index (χ2v) is 4.69. The Morgan fingerprint density at radius 2 is 2.06 bits per heavy atom. The number of anilines is 1. The maximum absolute atomic E-state index is 13.2. The summed E-state index contributed by atoms with van der Waals surface area (Å²) in [5, 5.41) is 4.12. The molecule has 3 heteroatoms. The first-order valence-corrected chi connectivity index (χ1v) is 5.90. The molecule has 0 radical (unpaired) electrons. The summed E-state index contributed by atoms with van der Waals surface area (Å²) in [5.74, 6) is -0.196. The molecule has 1 aliphatic heterocycles. The van der Waals surface area contributed by atoms with E-state index in [0.717, 1.165) is 22.7 Å². The van der Waals surface area contributed by atoms with Crippen LogP contribution in [0.3, 0.4) is 0 Å². The van der Waals surface area contributed by atoms with Gasteiger partial charge in [0.05, 0.1) is 6.04 Å². The second-order valence-electron chi connectivity index (χ2n) is 4.26. The van der Waals surface area contributed by atoms with Crippen molar-refractivity contribution in [3.8, 4) is 0 Å². The highest BCUT2D eigenvalue weighted by atomic mass is 35.5. The van der Waals surface area contributed by atoms with E-state index in [2.05, 4.69) is 5.32 Å². The minimum atomic E-state index is -0.196. The van der Waals surface area contributed by atoms with Crippen molar-refractivity contribution >= 4 is 17.3 Å². The lowest BCUT2D eigenvalue weighted by atomic mass is 10.0. The first-order valence-electron chi connectivity index (χ1n) is 5.53. The molecule has 0 fully saturated rings. The van der Waals surface area contributed by atoms with Gasteiger partial charge in [-0.05, 0) is 47.9 Å². The molecule has 17 heavy (non-hydrogen) atoms. The van der Waals surface area contributed by atoms with Gasteiger partial charge >= 0.3 is 0 Å². The number of halogens is 2. The van der Waals surface area contributed by atoms with Crippen molar-refractivity contribution < 1.29 is 4.39 Å². The van der Waals surface area contributed by atoms with E-state index in [1.165, 1.54) is 11.6 Å². The normalized spacial score (nSPS) is 17.6. The zero-order valence-electron chi connectivity index (χ0n) is 9.08. The van der Waals surface area contributed by atoms with E-state index in [1.807, 2.05) is 24.3 Å². The molecule has 0 amide bonds. The van der Waals surface area contributed by atoms with Gasteiger partial charge in [0.1, 0.15) is 5.82 Å². The second kappa shape index (κ2) is 4.04. The molecule has 0 saturated carbocycles. The van der Waals surface area contributed by atoms with Crippen molar-refractivity contribution in [1.29, 1.82) is 0 Å². The van der Waals surface area contributed by atoms with Crippen LogP contribution in [0.2, 0.25) is 5.02 Å². The van der Waals surface area contributed by atoms with Gasteiger partial charge in [-0.1, -0.05) is 23.7 Å². The predicted molar refractivity (Wildman–Crippen MR) is 67.9 cm³/mol. The average Bonchev–Trinajstić information content (AvgIpc) is 2.72. The van der Waals surface area contributed by atoms with Crippen molar-refractivity contribution in [2.45, 2.75) is 12.5 Å². The largest absolute Gasteiger partial charge is 0.378 e. The van der Waals surface area contributed by atoms with E-state index in [0.29, 0.717) is 0 Å². The van der Waals surface area contributed by atoms with Crippen molar-refractivity contribution in [3.63, 3.8) is 0 Å². The Hall–Kier alpha value is -1.54.